The van der Waals surface area contributed by atoms with Crippen LogP contribution in [0.1, 0.15) is 36.9 Å². The zero-order chi connectivity index (χ0) is 11.1. The topological polar surface area (TPSA) is 12.0 Å². The van der Waals surface area contributed by atoms with Crippen LogP contribution < -0.4 is 5.32 Å². The van der Waals surface area contributed by atoms with E-state index < -0.39 is 0 Å². The predicted octanol–water partition coefficient (Wildman–Crippen LogP) is 3.71. The van der Waals surface area contributed by atoms with Crippen molar-refractivity contribution in [3.63, 3.8) is 0 Å². The van der Waals surface area contributed by atoms with Crippen molar-refractivity contribution in [2.75, 3.05) is 6.54 Å². The van der Waals surface area contributed by atoms with Gasteiger partial charge in [-0.05, 0) is 44.5 Å². The van der Waals surface area contributed by atoms with Crippen LogP contribution in [0.4, 0.5) is 0 Å². The Kier molecular flexibility index (Phi) is 5.66. The van der Waals surface area contributed by atoms with Gasteiger partial charge in [0.1, 0.15) is 0 Å². The Hall–Kier alpha value is -0.600. The maximum atomic E-state index is 3.44. The van der Waals surface area contributed by atoms with Crippen molar-refractivity contribution in [3.8, 4) is 0 Å². The summed E-state index contributed by atoms with van der Waals surface area (Å²) < 4.78 is 0. The molecule has 0 spiro atoms. The summed E-state index contributed by atoms with van der Waals surface area (Å²) in [7, 11) is 0. The lowest BCUT2D eigenvalue weighted by molar-refractivity contribution is 0.625. The first-order valence-corrected chi connectivity index (χ1v) is 6.58. The Morgan fingerprint density at radius 2 is 2.20 bits per heavy atom. The number of hydrogen-bond donors (Lipinski definition) is 1. The summed E-state index contributed by atoms with van der Waals surface area (Å²) in [6.07, 6.45) is 6.79. The van der Waals surface area contributed by atoms with Gasteiger partial charge in [-0.1, -0.05) is 19.9 Å². The van der Waals surface area contributed by atoms with E-state index in [0.29, 0.717) is 6.04 Å². The third-order valence-electron chi connectivity index (χ3n) is 2.30. The third-order valence-corrected chi connectivity index (χ3v) is 3.49. The molecule has 0 aromatic carbocycles. The fraction of sp³-hybridized carbons (Fsp3) is 0.538. The molecule has 0 amide bonds. The lowest BCUT2D eigenvalue weighted by atomic mass is 10.2. The van der Waals surface area contributed by atoms with Crippen molar-refractivity contribution < 1.29 is 0 Å². The van der Waals surface area contributed by atoms with E-state index in [1.54, 1.807) is 0 Å². The van der Waals surface area contributed by atoms with Gasteiger partial charge >= 0.3 is 0 Å². The van der Waals surface area contributed by atoms with E-state index in [9.17, 15) is 0 Å². The van der Waals surface area contributed by atoms with Crippen LogP contribution >= 0.6 is 11.3 Å². The number of hydrogen-bond acceptors (Lipinski definition) is 2. The molecule has 0 fully saturated rings. The van der Waals surface area contributed by atoms with Gasteiger partial charge in [-0.15, -0.1) is 11.3 Å². The Bertz CT molecular complexity index is 301. The van der Waals surface area contributed by atoms with E-state index in [-0.39, 0.29) is 0 Å². The quantitative estimate of drug-likeness (QED) is 0.775. The zero-order valence-electron chi connectivity index (χ0n) is 9.92. The van der Waals surface area contributed by atoms with Gasteiger partial charge in [0, 0.05) is 15.8 Å². The average Bonchev–Trinajstić information content (AvgIpc) is 2.71. The van der Waals surface area contributed by atoms with Crippen LogP contribution in [0, 0.1) is 0 Å². The highest BCUT2D eigenvalue weighted by atomic mass is 32.1. The molecule has 1 rings (SSSR count). The highest BCUT2D eigenvalue weighted by Gasteiger charge is 1.96. The standard InChI is InChI=1S/C13H21NS/c1-4-10-14-11(3)6-7-13-9-8-12(5-2)15-13/h6-9,11,14H,4-5,10H2,1-3H3/b7-6+. The molecule has 0 aliphatic heterocycles. The van der Waals surface area contributed by atoms with Gasteiger partial charge in [0.2, 0.25) is 0 Å². The van der Waals surface area contributed by atoms with Crippen LogP contribution in [-0.4, -0.2) is 12.6 Å². The second kappa shape index (κ2) is 6.81. The van der Waals surface area contributed by atoms with Crippen molar-refractivity contribution >= 4 is 17.4 Å². The van der Waals surface area contributed by atoms with Crippen LogP contribution in [0.5, 0.6) is 0 Å². The fourth-order valence-corrected chi connectivity index (χ4v) is 2.22. The molecule has 0 saturated carbocycles. The molecule has 1 unspecified atom stereocenters. The van der Waals surface area contributed by atoms with Gasteiger partial charge in [0.25, 0.3) is 0 Å². The molecule has 0 aliphatic rings. The summed E-state index contributed by atoms with van der Waals surface area (Å²) in [5.41, 5.74) is 0. The lowest BCUT2D eigenvalue weighted by Crippen LogP contribution is -2.24. The van der Waals surface area contributed by atoms with Gasteiger partial charge in [-0.3, -0.25) is 0 Å². The normalized spacial score (nSPS) is 13.5. The summed E-state index contributed by atoms with van der Waals surface area (Å²) >= 11 is 1.88. The first kappa shape index (κ1) is 12.5. The number of aryl methyl sites for hydroxylation is 1. The largest absolute Gasteiger partial charge is 0.311 e. The van der Waals surface area contributed by atoms with Crippen molar-refractivity contribution in [3.05, 3.63) is 28.0 Å². The molecule has 0 radical (unpaired) electrons. The minimum atomic E-state index is 0.470. The van der Waals surface area contributed by atoms with E-state index in [1.165, 1.54) is 16.2 Å². The van der Waals surface area contributed by atoms with Crippen molar-refractivity contribution in [1.29, 1.82) is 0 Å². The van der Waals surface area contributed by atoms with Crippen LogP contribution in [-0.2, 0) is 6.42 Å². The van der Waals surface area contributed by atoms with E-state index in [1.807, 2.05) is 11.3 Å². The van der Waals surface area contributed by atoms with Gasteiger partial charge in [-0.2, -0.15) is 0 Å². The summed E-state index contributed by atoms with van der Waals surface area (Å²) in [6.45, 7) is 7.68. The van der Waals surface area contributed by atoms with E-state index in [0.717, 1.165) is 13.0 Å². The third kappa shape index (κ3) is 4.63. The Balaban J connectivity index is 2.42. The molecule has 1 heterocycles. The summed E-state index contributed by atoms with van der Waals surface area (Å²) in [5.74, 6) is 0. The molecule has 1 aromatic heterocycles. The van der Waals surface area contributed by atoms with Gasteiger partial charge in [0.15, 0.2) is 0 Å². The Morgan fingerprint density at radius 3 is 2.80 bits per heavy atom. The van der Waals surface area contributed by atoms with Crippen LogP contribution in [0.2, 0.25) is 0 Å². The zero-order valence-corrected chi connectivity index (χ0v) is 10.7. The number of thiophene rings is 1. The second-order valence-corrected chi connectivity index (χ2v) is 4.96. The summed E-state index contributed by atoms with van der Waals surface area (Å²) in [5, 5.41) is 3.44. The fourth-order valence-electron chi connectivity index (χ4n) is 1.35. The summed E-state index contributed by atoms with van der Waals surface area (Å²) in [6, 6.07) is 4.89. The predicted molar refractivity (Wildman–Crippen MR) is 70.5 cm³/mol. The van der Waals surface area contributed by atoms with Crippen molar-refractivity contribution in [1.82, 2.24) is 5.32 Å². The molecular formula is C13H21NS. The molecule has 84 valence electrons. The first-order valence-electron chi connectivity index (χ1n) is 5.76. The van der Waals surface area contributed by atoms with E-state index >= 15 is 0 Å². The molecule has 0 aliphatic carbocycles. The molecule has 2 heteroatoms. The monoisotopic (exact) mass is 223 g/mol. The first-order chi connectivity index (χ1) is 7.26. The number of nitrogens with one attached hydrogen (secondary N) is 1. The smallest absolute Gasteiger partial charge is 0.0270 e. The molecule has 0 saturated heterocycles. The average molecular weight is 223 g/mol. The molecule has 1 N–H and O–H groups in total. The molecule has 1 atom stereocenters. The molecule has 1 nitrogen and oxygen atoms in total. The van der Waals surface area contributed by atoms with Crippen LogP contribution in [0.25, 0.3) is 6.08 Å². The van der Waals surface area contributed by atoms with Gasteiger partial charge < -0.3 is 5.32 Å². The van der Waals surface area contributed by atoms with Crippen LogP contribution in [0.3, 0.4) is 0 Å². The molecule has 1 aromatic rings. The highest BCUT2D eigenvalue weighted by molar-refractivity contribution is 7.12. The maximum Gasteiger partial charge on any atom is 0.0270 e. The van der Waals surface area contributed by atoms with E-state index in [4.69, 9.17) is 0 Å². The minimum Gasteiger partial charge on any atom is -0.311 e. The van der Waals surface area contributed by atoms with E-state index in [2.05, 4.69) is 50.4 Å². The molecular weight excluding hydrogens is 202 g/mol. The molecule has 0 bridgehead atoms. The van der Waals surface area contributed by atoms with Crippen molar-refractivity contribution in [2.24, 2.45) is 0 Å². The number of rotatable bonds is 6. The van der Waals surface area contributed by atoms with Crippen molar-refractivity contribution in [2.45, 2.75) is 39.7 Å². The maximum absolute atomic E-state index is 3.44. The Labute approximate surface area is 97.2 Å². The SMILES string of the molecule is CCCNC(C)/C=C/c1ccc(CC)s1. The second-order valence-electron chi connectivity index (χ2n) is 3.76. The molecule has 15 heavy (non-hydrogen) atoms. The highest BCUT2D eigenvalue weighted by Crippen LogP contribution is 2.18. The van der Waals surface area contributed by atoms with Gasteiger partial charge in [-0.25, -0.2) is 0 Å². The van der Waals surface area contributed by atoms with Gasteiger partial charge in [0.05, 0.1) is 0 Å². The minimum absolute atomic E-state index is 0.470. The summed E-state index contributed by atoms with van der Waals surface area (Å²) in [4.78, 5) is 2.82. The van der Waals surface area contributed by atoms with Crippen LogP contribution in [0.15, 0.2) is 18.2 Å². The lowest BCUT2D eigenvalue weighted by Gasteiger charge is -2.06. The Morgan fingerprint density at radius 1 is 1.40 bits per heavy atom.